The lowest BCUT2D eigenvalue weighted by Crippen LogP contribution is -2.58. The monoisotopic (exact) mass is 367 g/mol. The summed E-state index contributed by atoms with van der Waals surface area (Å²) in [6.07, 6.45) is 4.05. The second-order valence-corrected chi connectivity index (χ2v) is 7.47. The highest BCUT2D eigenvalue weighted by atomic mass is 79.9. The number of halogens is 1. The molecule has 3 nitrogen and oxygen atoms in total. The fraction of sp³-hybridized carbons (Fsp3) is 0.562. The van der Waals surface area contributed by atoms with Gasteiger partial charge in [-0.2, -0.15) is 0 Å². The molecule has 0 bridgehead atoms. The highest BCUT2D eigenvalue weighted by Crippen LogP contribution is 2.33. The number of hydrogen-bond acceptors (Lipinski definition) is 3. The van der Waals surface area contributed by atoms with E-state index in [0.29, 0.717) is 17.1 Å². The minimum atomic E-state index is 0.451. The summed E-state index contributed by atoms with van der Waals surface area (Å²) in [5.41, 5.74) is 7.89. The molecule has 1 aromatic rings. The van der Waals surface area contributed by atoms with Gasteiger partial charge >= 0.3 is 0 Å². The van der Waals surface area contributed by atoms with E-state index in [2.05, 4.69) is 38.7 Å². The molecule has 0 spiro atoms. The van der Waals surface area contributed by atoms with E-state index in [0.717, 1.165) is 23.1 Å². The van der Waals surface area contributed by atoms with Gasteiger partial charge in [0.2, 0.25) is 0 Å². The van der Waals surface area contributed by atoms with Gasteiger partial charge in [-0.05, 0) is 60.4 Å². The van der Waals surface area contributed by atoms with Gasteiger partial charge in [0, 0.05) is 35.2 Å². The van der Waals surface area contributed by atoms with Crippen molar-refractivity contribution >= 4 is 38.8 Å². The first-order valence-corrected chi connectivity index (χ1v) is 8.86. The number of hydrogen-bond donors (Lipinski definition) is 1. The number of piperidine rings is 1. The molecular weight excluding hydrogens is 346 g/mol. The average Bonchev–Trinajstić information content (AvgIpc) is 2.46. The molecule has 21 heavy (non-hydrogen) atoms. The van der Waals surface area contributed by atoms with E-state index in [-0.39, 0.29) is 0 Å². The van der Waals surface area contributed by atoms with Crippen LogP contribution < -0.4 is 10.6 Å². The molecule has 0 radical (unpaired) electrons. The van der Waals surface area contributed by atoms with Gasteiger partial charge in [-0.15, -0.1) is 0 Å². The van der Waals surface area contributed by atoms with Crippen molar-refractivity contribution < 1.29 is 0 Å². The maximum absolute atomic E-state index is 5.72. The number of nitrogens with two attached hydrogens (primary N) is 1. The Kier molecular flexibility index (Phi) is 4.52. The molecule has 1 aromatic carbocycles. The first-order valence-electron chi connectivity index (χ1n) is 7.66. The smallest absolute Gasteiger partial charge is 0.104 e. The zero-order valence-electron chi connectivity index (χ0n) is 12.4. The Morgan fingerprint density at radius 2 is 2.14 bits per heavy atom. The SMILES string of the molecule is CC1CN2CCCCC2CN1c1ccc(C(N)=S)cc1Br. The summed E-state index contributed by atoms with van der Waals surface area (Å²) >= 11 is 8.75. The van der Waals surface area contributed by atoms with Gasteiger partial charge in [-0.3, -0.25) is 4.90 Å². The summed E-state index contributed by atoms with van der Waals surface area (Å²) in [6, 6.07) is 7.46. The number of thiocarbonyl (C=S) groups is 1. The summed E-state index contributed by atoms with van der Waals surface area (Å²) < 4.78 is 1.09. The molecule has 2 N–H and O–H groups in total. The van der Waals surface area contributed by atoms with Gasteiger partial charge in [-0.1, -0.05) is 18.6 Å². The molecule has 2 atom stereocenters. The molecule has 114 valence electrons. The maximum atomic E-state index is 5.72. The van der Waals surface area contributed by atoms with Crippen LogP contribution in [0.1, 0.15) is 31.7 Å². The summed E-state index contributed by atoms with van der Waals surface area (Å²) in [5.74, 6) is 0. The van der Waals surface area contributed by atoms with Crippen molar-refractivity contribution in [2.45, 2.75) is 38.3 Å². The Hall–Kier alpha value is -0.650. The molecule has 2 unspecified atom stereocenters. The number of benzene rings is 1. The van der Waals surface area contributed by atoms with E-state index in [1.165, 1.54) is 31.5 Å². The van der Waals surface area contributed by atoms with Crippen molar-refractivity contribution in [3.63, 3.8) is 0 Å². The molecule has 0 aliphatic carbocycles. The molecule has 2 saturated heterocycles. The van der Waals surface area contributed by atoms with Gasteiger partial charge < -0.3 is 10.6 Å². The minimum Gasteiger partial charge on any atom is -0.389 e. The zero-order chi connectivity index (χ0) is 15.0. The lowest BCUT2D eigenvalue weighted by Gasteiger charge is -2.48. The van der Waals surface area contributed by atoms with E-state index in [4.69, 9.17) is 18.0 Å². The van der Waals surface area contributed by atoms with Gasteiger partial charge in [0.25, 0.3) is 0 Å². The molecular formula is C16H22BrN3S. The van der Waals surface area contributed by atoms with Crippen molar-refractivity contribution in [1.82, 2.24) is 4.90 Å². The largest absolute Gasteiger partial charge is 0.389 e. The summed E-state index contributed by atoms with van der Waals surface area (Å²) in [4.78, 5) is 5.65. The summed E-state index contributed by atoms with van der Waals surface area (Å²) in [7, 11) is 0. The Morgan fingerprint density at radius 1 is 1.33 bits per heavy atom. The van der Waals surface area contributed by atoms with Crippen molar-refractivity contribution in [2.75, 3.05) is 24.5 Å². The van der Waals surface area contributed by atoms with Gasteiger partial charge in [0.05, 0.1) is 5.69 Å². The van der Waals surface area contributed by atoms with Gasteiger partial charge in [0.1, 0.15) is 4.99 Å². The third-order valence-corrected chi connectivity index (χ3v) is 5.60. The highest BCUT2D eigenvalue weighted by molar-refractivity contribution is 9.10. The van der Waals surface area contributed by atoms with Gasteiger partial charge in [0.15, 0.2) is 0 Å². The van der Waals surface area contributed by atoms with Crippen LogP contribution in [0, 0.1) is 0 Å². The molecule has 5 heteroatoms. The molecule has 3 rings (SSSR count). The van der Waals surface area contributed by atoms with Crippen molar-refractivity contribution in [1.29, 1.82) is 0 Å². The number of nitrogens with zero attached hydrogens (tertiary/aromatic N) is 2. The number of fused-ring (bicyclic) bond motifs is 1. The van der Waals surface area contributed by atoms with Crippen LogP contribution in [0.5, 0.6) is 0 Å². The number of anilines is 1. The first-order chi connectivity index (χ1) is 10.1. The second-order valence-electron chi connectivity index (χ2n) is 6.18. The van der Waals surface area contributed by atoms with Crippen LogP contribution in [-0.4, -0.2) is 41.6 Å². The fourth-order valence-electron chi connectivity index (χ4n) is 3.58. The Bertz CT molecular complexity index is 548. The highest BCUT2D eigenvalue weighted by Gasteiger charge is 2.33. The predicted octanol–water partition coefficient (Wildman–Crippen LogP) is 3.15. The second kappa shape index (κ2) is 6.23. The van der Waals surface area contributed by atoms with E-state index in [9.17, 15) is 0 Å². The van der Waals surface area contributed by atoms with Crippen LogP contribution in [0.15, 0.2) is 22.7 Å². The number of rotatable bonds is 2. The van der Waals surface area contributed by atoms with E-state index in [1.807, 2.05) is 12.1 Å². The van der Waals surface area contributed by atoms with Crippen molar-refractivity contribution in [2.24, 2.45) is 5.73 Å². The minimum absolute atomic E-state index is 0.451. The Morgan fingerprint density at radius 3 is 2.86 bits per heavy atom. The number of piperazine rings is 1. The molecule has 2 aliphatic rings. The Labute approximate surface area is 140 Å². The summed E-state index contributed by atoms with van der Waals surface area (Å²) in [5, 5.41) is 0. The lowest BCUT2D eigenvalue weighted by atomic mass is 9.96. The third kappa shape index (κ3) is 3.10. The quantitative estimate of drug-likeness (QED) is 0.813. The van der Waals surface area contributed by atoms with Crippen LogP contribution in [0.3, 0.4) is 0 Å². The van der Waals surface area contributed by atoms with Crippen LogP contribution in [-0.2, 0) is 0 Å². The standard InChI is InChI=1S/C16H22BrN3S/c1-11-9-19-7-3-2-4-13(19)10-20(11)15-6-5-12(16(18)21)8-14(15)17/h5-6,8,11,13H,2-4,7,9-10H2,1H3,(H2,18,21). The topological polar surface area (TPSA) is 32.5 Å². The lowest BCUT2D eigenvalue weighted by molar-refractivity contribution is 0.115. The van der Waals surface area contributed by atoms with Crippen LogP contribution >= 0.6 is 28.1 Å². The van der Waals surface area contributed by atoms with Crippen molar-refractivity contribution in [3.8, 4) is 0 Å². The average molecular weight is 368 g/mol. The van der Waals surface area contributed by atoms with Crippen molar-refractivity contribution in [3.05, 3.63) is 28.2 Å². The maximum Gasteiger partial charge on any atom is 0.104 e. The third-order valence-electron chi connectivity index (χ3n) is 4.73. The van der Waals surface area contributed by atoms with Crippen LogP contribution in [0.4, 0.5) is 5.69 Å². The van der Waals surface area contributed by atoms with Crippen LogP contribution in [0.25, 0.3) is 0 Å². The van der Waals surface area contributed by atoms with E-state index >= 15 is 0 Å². The van der Waals surface area contributed by atoms with Crippen LogP contribution in [0.2, 0.25) is 0 Å². The molecule has 2 fully saturated rings. The molecule has 2 aliphatic heterocycles. The van der Waals surface area contributed by atoms with E-state index < -0.39 is 0 Å². The first kappa shape index (κ1) is 15.3. The molecule has 2 heterocycles. The summed E-state index contributed by atoms with van der Waals surface area (Å²) in [6.45, 7) is 5.86. The molecule has 0 aromatic heterocycles. The normalized spacial score (nSPS) is 26.5. The Balaban J connectivity index is 1.84. The molecule has 0 saturated carbocycles. The zero-order valence-corrected chi connectivity index (χ0v) is 14.8. The molecule has 0 amide bonds. The van der Waals surface area contributed by atoms with E-state index in [1.54, 1.807) is 0 Å². The van der Waals surface area contributed by atoms with Gasteiger partial charge in [-0.25, -0.2) is 0 Å². The fourth-order valence-corrected chi connectivity index (χ4v) is 4.31. The predicted molar refractivity (Wildman–Crippen MR) is 96.0 cm³/mol.